The quantitative estimate of drug-likeness (QED) is 0.593. The first kappa shape index (κ1) is 18.7. The highest BCUT2D eigenvalue weighted by Gasteiger charge is 2.11. The molecule has 0 radical (unpaired) electrons. The van der Waals surface area contributed by atoms with Crippen LogP contribution >= 0.6 is 0 Å². The normalized spacial score (nSPS) is 14.0. The number of hydrogen-bond donors (Lipinski definition) is 2. The van der Waals surface area contributed by atoms with Gasteiger partial charge in [0, 0.05) is 29.9 Å². The molecule has 0 unspecified atom stereocenters. The monoisotopic (exact) mass is 378 g/mol. The molecule has 0 saturated carbocycles. The Labute approximate surface area is 155 Å². The Morgan fingerprint density at radius 1 is 1.26 bits per heavy atom. The summed E-state index contributed by atoms with van der Waals surface area (Å²) in [4.78, 5) is 8.16. The van der Waals surface area contributed by atoms with Gasteiger partial charge < -0.3 is 25.3 Å². The minimum absolute atomic E-state index is 0.116. The molecule has 1 aliphatic heterocycles. The third kappa shape index (κ3) is 5.44. The lowest BCUT2D eigenvalue weighted by Crippen LogP contribution is -2.22. The smallest absolute Gasteiger partial charge is 0.272 e. The van der Waals surface area contributed by atoms with Crippen LogP contribution in [0.25, 0.3) is 0 Å². The second kappa shape index (κ2) is 9.02. The zero-order valence-corrected chi connectivity index (χ0v) is 14.5. The Bertz CT molecular complexity index is 802. The zero-order valence-electron chi connectivity index (χ0n) is 14.5. The summed E-state index contributed by atoms with van der Waals surface area (Å²) in [5.74, 6) is 1.60. The van der Waals surface area contributed by atoms with Crippen molar-refractivity contribution in [3.8, 4) is 17.4 Å². The van der Waals surface area contributed by atoms with E-state index in [1.807, 2.05) is 0 Å². The largest absolute Gasteiger partial charge is 0.490 e. The number of guanidine groups is 1. The lowest BCUT2D eigenvalue weighted by Gasteiger charge is -2.11. The molecule has 27 heavy (non-hydrogen) atoms. The van der Waals surface area contributed by atoms with Crippen LogP contribution in [-0.4, -0.2) is 37.2 Å². The Balaban J connectivity index is 1.64. The van der Waals surface area contributed by atoms with Crippen LogP contribution in [0.2, 0.25) is 0 Å². The molecule has 7 nitrogen and oxygen atoms in total. The molecule has 9 heteroatoms. The average Bonchev–Trinajstić information content (AvgIpc) is 2.90. The second-order valence-corrected chi connectivity index (χ2v) is 5.71. The summed E-state index contributed by atoms with van der Waals surface area (Å²) >= 11 is 0. The summed E-state index contributed by atoms with van der Waals surface area (Å²) in [6.45, 7) is 0.612. The first-order valence-electron chi connectivity index (χ1n) is 8.43. The van der Waals surface area contributed by atoms with Gasteiger partial charge in [0.05, 0.1) is 19.8 Å². The molecular formula is C18H20F2N4O3. The molecule has 1 aromatic carbocycles. The SMILES string of the molecule is NC(=NCc1cccnc1OCC(F)F)Nc1ccc2c(c1)OCCCO2. The molecule has 2 heterocycles. The van der Waals surface area contributed by atoms with E-state index in [9.17, 15) is 8.78 Å². The fourth-order valence-electron chi connectivity index (χ4n) is 2.42. The van der Waals surface area contributed by atoms with Crippen molar-refractivity contribution in [2.45, 2.75) is 19.4 Å². The second-order valence-electron chi connectivity index (χ2n) is 5.71. The fraction of sp³-hybridized carbons (Fsp3) is 0.333. The molecule has 0 amide bonds. The molecule has 3 N–H and O–H groups in total. The number of nitrogens with one attached hydrogen (secondary N) is 1. The molecule has 0 fully saturated rings. The molecule has 0 aliphatic carbocycles. The summed E-state index contributed by atoms with van der Waals surface area (Å²) in [6.07, 6.45) is -0.287. The van der Waals surface area contributed by atoms with Gasteiger partial charge in [-0.25, -0.2) is 18.8 Å². The number of nitrogens with two attached hydrogens (primary N) is 1. The van der Waals surface area contributed by atoms with E-state index in [-0.39, 0.29) is 18.4 Å². The van der Waals surface area contributed by atoms with Gasteiger partial charge in [0.2, 0.25) is 5.88 Å². The van der Waals surface area contributed by atoms with Crippen molar-refractivity contribution in [1.82, 2.24) is 4.98 Å². The number of aliphatic imine (C=N–C) groups is 1. The number of pyridine rings is 1. The third-order valence-corrected chi connectivity index (χ3v) is 3.64. The number of rotatable bonds is 6. The highest BCUT2D eigenvalue weighted by Crippen LogP contribution is 2.32. The topological polar surface area (TPSA) is 91.0 Å². The van der Waals surface area contributed by atoms with Crippen LogP contribution in [0.1, 0.15) is 12.0 Å². The van der Waals surface area contributed by atoms with E-state index in [4.69, 9.17) is 19.9 Å². The molecule has 2 aromatic rings. The van der Waals surface area contributed by atoms with Crippen molar-refractivity contribution in [1.29, 1.82) is 0 Å². The minimum atomic E-state index is -2.57. The van der Waals surface area contributed by atoms with Crippen LogP contribution in [0, 0.1) is 0 Å². The predicted molar refractivity (Wildman–Crippen MR) is 96.7 cm³/mol. The Morgan fingerprint density at radius 3 is 2.89 bits per heavy atom. The van der Waals surface area contributed by atoms with Gasteiger partial charge in [-0.2, -0.15) is 0 Å². The van der Waals surface area contributed by atoms with Gasteiger partial charge in [0.15, 0.2) is 24.1 Å². The Hall–Kier alpha value is -3.10. The van der Waals surface area contributed by atoms with Gasteiger partial charge in [-0.1, -0.05) is 6.07 Å². The summed E-state index contributed by atoms with van der Waals surface area (Å²) in [7, 11) is 0. The number of benzene rings is 1. The van der Waals surface area contributed by atoms with E-state index >= 15 is 0 Å². The highest BCUT2D eigenvalue weighted by molar-refractivity contribution is 5.92. The van der Waals surface area contributed by atoms with E-state index in [0.29, 0.717) is 36.0 Å². The molecule has 1 aliphatic rings. The molecule has 3 rings (SSSR count). The Morgan fingerprint density at radius 2 is 2.07 bits per heavy atom. The van der Waals surface area contributed by atoms with Crippen molar-refractivity contribution >= 4 is 11.6 Å². The van der Waals surface area contributed by atoms with Gasteiger partial charge in [0.1, 0.15) is 0 Å². The number of fused-ring (bicyclic) bond motifs is 1. The lowest BCUT2D eigenvalue weighted by molar-refractivity contribution is 0.0791. The molecule has 0 atom stereocenters. The number of ether oxygens (including phenoxy) is 3. The molecular weight excluding hydrogens is 358 g/mol. The van der Waals surface area contributed by atoms with Crippen molar-refractivity contribution in [2.75, 3.05) is 25.1 Å². The highest BCUT2D eigenvalue weighted by atomic mass is 19.3. The van der Waals surface area contributed by atoms with Crippen LogP contribution in [0.3, 0.4) is 0 Å². The number of alkyl halides is 2. The lowest BCUT2D eigenvalue weighted by atomic mass is 10.2. The van der Waals surface area contributed by atoms with Crippen LogP contribution in [0.15, 0.2) is 41.5 Å². The number of anilines is 1. The first-order chi connectivity index (χ1) is 13.1. The van der Waals surface area contributed by atoms with Crippen LogP contribution in [0.5, 0.6) is 17.4 Å². The molecule has 0 saturated heterocycles. The summed E-state index contributed by atoms with van der Waals surface area (Å²) in [5.41, 5.74) is 7.17. The summed E-state index contributed by atoms with van der Waals surface area (Å²) in [5, 5.41) is 2.96. The van der Waals surface area contributed by atoms with E-state index in [1.165, 1.54) is 6.20 Å². The maximum absolute atomic E-state index is 12.3. The number of halogens is 2. The predicted octanol–water partition coefficient (Wildman–Crippen LogP) is 2.81. The van der Waals surface area contributed by atoms with Crippen molar-refractivity contribution in [2.24, 2.45) is 10.7 Å². The van der Waals surface area contributed by atoms with Gasteiger partial charge in [-0.05, 0) is 18.2 Å². The van der Waals surface area contributed by atoms with Crippen LogP contribution in [0.4, 0.5) is 14.5 Å². The van der Waals surface area contributed by atoms with Crippen LogP contribution < -0.4 is 25.3 Å². The molecule has 1 aromatic heterocycles. The summed E-state index contributed by atoms with van der Waals surface area (Å²) in [6, 6.07) is 8.75. The maximum Gasteiger partial charge on any atom is 0.272 e. The van der Waals surface area contributed by atoms with Gasteiger partial charge in [-0.15, -0.1) is 0 Å². The molecule has 0 bridgehead atoms. The maximum atomic E-state index is 12.3. The van der Waals surface area contributed by atoms with Gasteiger partial charge in [-0.3, -0.25) is 0 Å². The average molecular weight is 378 g/mol. The third-order valence-electron chi connectivity index (χ3n) is 3.64. The van der Waals surface area contributed by atoms with Gasteiger partial charge in [0.25, 0.3) is 6.43 Å². The minimum Gasteiger partial charge on any atom is -0.490 e. The molecule has 144 valence electrons. The fourth-order valence-corrected chi connectivity index (χ4v) is 2.42. The number of hydrogen-bond acceptors (Lipinski definition) is 5. The van der Waals surface area contributed by atoms with E-state index < -0.39 is 13.0 Å². The van der Waals surface area contributed by atoms with Crippen LogP contribution in [-0.2, 0) is 6.54 Å². The van der Waals surface area contributed by atoms with Crippen molar-refractivity contribution < 1.29 is 23.0 Å². The van der Waals surface area contributed by atoms with E-state index in [2.05, 4.69) is 15.3 Å². The van der Waals surface area contributed by atoms with E-state index in [1.54, 1.807) is 30.3 Å². The Kier molecular flexibility index (Phi) is 6.24. The van der Waals surface area contributed by atoms with Gasteiger partial charge >= 0.3 is 0 Å². The number of nitrogens with zero attached hydrogens (tertiary/aromatic N) is 2. The van der Waals surface area contributed by atoms with Crippen molar-refractivity contribution in [3.63, 3.8) is 0 Å². The standard InChI is InChI=1S/C18H20F2N4O3/c19-16(20)11-27-17-12(3-1-6-22-17)10-23-18(21)24-13-4-5-14-15(9-13)26-8-2-7-25-14/h1,3-6,9,16H,2,7-8,10-11H2,(H3,21,23,24). The summed E-state index contributed by atoms with van der Waals surface area (Å²) < 4.78 is 40.9. The van der Waals surface area contributed by atoms with E-state index in [0.717, 1.165) is 6.42 Å². The zero-order chi connectivity index (χ0) is 19.1. The first-order valence-corrected chi connectivity index (χ1v) is 8.43. The number of aromatic nitrogens is 1. The molecule has 0 spiro atoms. The van der Waals surface area contributed by atoms with Crippen molar-refractivity contribution in [3.05, 3.63) is 42.1 Å².